The van der Waals surface area contributed by atoms with Gasteiger partial charge in [0.05, 0.1) is 37.5 Å². The summed E-state index contributed by atoms with van der Waals surface area (Å²) in [6.07, 6.45) is -1.18. The first-order valence-electron chi connectivity index (χ1n) is 24.3. The van der Waals surface area contributed by atoms with Gasteiger partial charge in [0.25, 0.3) is 0 Å². The molecule has 35 nitrogen and oxygen atoms in total. The molecule has 3 aromatic rings. The van der Waals surface area contributed by atoms with Crippen molar-refractivity contribution >= 4 is 83.0 Å². The highest BCUT2D eigenvalue weighted by atomic mass is 16.4. The third-order valence-corrected chi connectivity index (χ3v) is 11.5. The molecule has 18 N–H and O–H groups in total. The van der Waals surface area contributed by atoms with Gasteiger partial charge in [-0.2, -0.15) is 0 Å². The number of hydrogen-bond acceptors (Lipinski definition) is 18. The van der Waals surface area contributed by atoms with E-state index in [0.717, 1.165) is 6.92 Å². The number of nitrogens with zero attached hydrogens (tertiary/aromatic N) is 7. The zero-order chi connectivity index (χ0) is 59.2. The van der Waals surface area contributed by atoms with Crippen molar-refractivity contribution in [2.45, 2.75) is 114 Å². The predicted molar refractivity (Wildman–Crippen MR) is 269 cm³/mol. The molecule has 80 heavy (non-hydrogen) atoms. The molecule has 432 valence electrons. The number of carbonyl (C=O) groups excluding carboxylic acids is 9. The summed E-state index contributed by atoms with van der Waals surface area (Å²) in [5.74, 6) is -15.3. The molecule has 1 aliphatic rings. The van der Waals surface area contributed by atoms with E-state index in [4.69, 9.17) is 22.3 Å². The summed E-state index contributed by atoms with van der Waals surface area (Å²) >= 11 is 0. The van der Waals surface area contributed by atoms with Gasteiger partial charge in [-0.3, -0.25) is 71.9 Å². The van der Waals surface area contributed by atoms with Crippen molar-refractivity contribution in [1.29, 1.82) is 0 Å². The Morgan fingerprint density at radius 3 is 1.77 bits per heavy atom. The van der Waals surface area contributed by atoms with Gasteiger partial charge in [0.1, 0.15) is 47.6 Å². The number of carbonyl (C=O) groups is 13. The van der Waals surface area contributed by atoms with Gasteiger partial charge in [-0.15, -0.1) is 10.2 Å². The largest absolute Gasteiger partial charge is 0.481 e. The maximum Gasteiger partial charge on any atom is 0.335 e. The Kier molecular flexibility index (Phi) is 23.4. The smallest absolute Gasteiger partial charge is 0.335 e. The predicted octanol–water partition coefficient (Wildman–Crippen LogP) is -6.40. The molecular weight excluding hydrogens is 1060 g/mol. The number of aromatic nitrogens is 6. The van der Waals surface area contributed by atoms with E-state index >= 15 is 0 Å². The third kappa shape index (κ3) is 20.8. The van der Waals surface area contributed by atoms with E-state index in [-0.39, 0.29) is 79.4 Å². The van der Waals surface area contributed by atoms with Crippen molar-refractivity contribution in [2.24, 2.45) is 22.2 Å². The van der Waals surface area contributed by atoms with E-state index in [2.05, 4.69) is 68.2 Å². The van der Waals surface area contributed by atoms with Gasteiger partial charge in [0, 0.05) is 50.5 Å². The lowest BCUT2D eigenvalue weighted by atomic mass is 10.0. The van der Waals surface area contributed by atoms with Gasteiger partial charge in [0.2, 0.25) is 53.2 Å². The fourth-order valence-corrected chi connectivity index (χ4v) is 7.57. The van der Waals surface area contributed by atoms with Crippen LogP contribution in [-0.2, 0) is 70.6 Å². The van der Waals surface area contributed by atoms with Gasteiger partial charge in [-0.05, 0) is 56.7 Å². The van der Waals surface area contributed by atoms with Gasteiger partial charge in [-0.25, -0.2) is 4.79 Å². The molecule has 1 aromatic carbocycles. The van der Waals surface area contributed by atoms with Crippen molar-refractivity contribution in [2.75, 3.05) is 19.6 Å². The lowest BCUT2D eigenvalue weighted by molar-refractivity contribution is -0.141. The number of fused-ring (bicyclic) bond motifs is 8. The van der Waals surface area contributed by atoms with Crippen LogP contribution in [0.4, 0.5) is 0 Å². The number of aliphatic carboxylic acids is 3. The number of carboxylic acid groups (broad SMARTS) is 4. The molecule has 6 bridgehead atoms. The SMILES string of the molecule is CC(=O)N[C@@H](CCCN=C(N)N)C(=O)N[C@@H](CCC(=O)O)C(=O)N[C@H]1CCn2cc(nn2)-c2cc(C(=O)O)cc(c2)-c2cn(nn2)CC[C@@H](C(=O)N[C@@H](CCC(=O)O)C(N)=O)NC(=O)CNC(=O)[C@H](CC(=O)O)NC(=O)CNC1=O. The number of hydrogen-bond donors (Lipinski definition) is 15. The zero-order valence-corrected chi connectivity index (χ0v) is 42.7. The molecular formula is C45H60N18O17. The first-order valence-corrected chi connectivity index (χ1v) is 24.3. The van der Waals surface area contributed by atoms with E-state index in [1.54, 1.807) is 0 Å². The van der Waals surface area contributed by atoms with E-state index < -0.39 is 158 Å². The fourth-order valence-electron chi connectivity index (χ4n) is 7.57. The highest BCUT2D eigenvalue weighted by Crippen LogP contribution is 2.27. The number of guanidine groups is 1. The van der Waals surface area contributed by atoms with Crippen LogP contribution in [0.2, 0.25) is 0 Å². The van der Waals surface area contributed by atoms with Crippen LogP contribution in [0.25, 0.3) is 22.5 Å². The van der Waals surface area contributed by atoms with Crippen LogP contribution in [0.15, 0.2) is 35.6 Å². The van der Waals surface area contributed by atoms with E-state index in [1.165, 1.54) is 40.0 Å². The molecule has 0 spiro atoms. The summed E-state index contributed by atoms with van der Waals surface area (Å²) in [7, 11) is 0. The summed E-state index contributed by atoms with van der Waals surface area (Å²) in [6, 6.07) is -5.57. The number of nitrogens with one attached hydrogen (secondary N) is 8. The highest BCUT2D eigenvalue weighted by molar-refractivity contribution is 5.98. The van der Waals surface area contributed by atoms with E-state index in [1.807, 2.05) is 0 Å². The topological polar surface area (TPSA) is 551 Å². The Labute approximate surface area is 451 Å². The van der Waals surface area contributed by atoms with Crippen molar-refractivity contribution < 1.29 is 82.8 Å². The number of aromatic carboxylic acids is 1. The van der Waals surface area contributed by atoms with Gasteiger partial charge in [0.15, 0.2) is 5.96 Å². The number of amides is 9. The third-order valence-electron chi connectivity index (χ3n) is 11.5. The summed E-state index contributed by atoms with van der Waals surface area (Å²) in [5.41, 5.74) is 16.4. The molecule has 9 amide bonds. The molecule has 0 fully saturated rings. The average Bonchev–Trinajstić information content (AvgIpc) is 4.08. The van der Waals surface area contributed by atoms with Crippen LogP contribution in [-0.4, -0.2) is 189 Å². The van der Waals surface area contributed by atoms with Crippen LogP contribution in [0.5, 0.6) is 0 Å². The molecule has 6 atom stereocenters. The standard InChI is InChI=1S/C45H60N18O17/c1-21(64)52-26(3-2-10-49-45(47)48)41(76)56-27(5-7-36(69)70)42(77)57-28-8-11-62-19-31(58-60-62)22-13-23(15-24(14-22)44(79)80)32-20-63(61-59-32)12-9-29(43(78)55-25(38(46)73)4-6-35(67)68)53-33(65)17-51-40(75)30(16-37(71)72)54-34(66)18-50-39(28)74/h13-15,19-20,25-30H,2-12,16-18H2,1H3,(H2,46,73)(H,50,74)(H,51,75)(H,52,64)(H,53,65)(H,54,66)(H,55,78)(H,56,76)(H,57,77)(H,67,68)(H,69,70)(H,71,72)(H,79,80)(H4,47,48,49)/t25-,26-,27-,28-,29-,30-/m0/s1. The van der Waals surface area contributed by atoms with Crippen molar-refractivity contribution in [3.63, 3.8) is 0 Å². The zero-order valence-electron chi connectivity index (χ0n) is 42.7. The van der Waals surface area contributed by atoms with Crippen molar-refractivity contribution in [3.8, 4) is 22.5 Å². The number of nitrogens with two attached hydrogens (primary N) is 3. The first kappa shape index (κ1) is 62.4. The minimum atomic E-state index is -1.90. The summed E-state index contributed by atoms with van der Waals surface area (Å²) in [4.78, 5) is 170. The minimum absolute atomic E-state index is 0.0438. The highest BCUT2D eigenvalue weighted by Gasteiger charge is 2.32. The summed E-state index contributed by atoms with van der Waals surface area (Å²) in [6.45, 7) is -1.23. The Bertz CT molecular complexity index is 2860. The molecule has 0 unspecified atom stereocenters. The lowest BCUT2D eigenvalue weighted by Crippen LogP contribution is -2.57. The number of aryl methyl sites for hydroxylation is 2. The van der Waals surface area contributed by atoms with E-state index in [9.17, 15) is 77.6 Å². The maximum absolute atomic E-state index is 14.0. The second-order valence-electron chi connectivity index (χ2n) is 17.8. The van der Waals surface area contributed by atoms with Crippen LogP contribution in [0, 0.1) is 0 Å². The molecule has 0 saturated carbocycles. The molecule has 1 aliphatic heterocycles. The van der Waals surface area contributed by atoms with Crippen molar-refractivity contribution in [3.05, 3.63) is 36.2 Å². The summed E-state index contributed by atoms with van der Waals surface area (Å²) < 4.78 is 2.41. The average molecular weight is 1130 g/mol. The van der Waals surface area contributed by atoms with Gasteiger partial charge >= 0.3 is 23.9 Å². The van der Waals surface area contributed by atoms with Crippen LogP contribution in [0.1, 0.15) is 75.1 Å². The molecule has 0 saturated heterocycles. The van der Waals surface area contributed by atoms with Crippen molar-refractivity contribution in [1.82, 2.24) is 72.5 Å². The number of aliphatic imine (C=N–C) groups is 1. The second kappa shape index (κ2) is 30.0. The molecule has 4 rings (SSSR count). The van der Waals surface area contributed by atoms with Crippen LogP contribution in [0.3, 0.4) is 0 Å². The minimum Gasteiger partial charge on any atom is -0.481 e. The molecule has 3 heterocycles. The molecule has 0 aliphatic carbocycles. The Balaban J connectivity index is 1.72. The maximum atomic E-state index is 14.0. The molecule has 35 heteroatoms. The number of benzene rings is 1. The number of primary amides is 1. The fraction of sp³-hybridized carbons (Fsp3) is 0.467. The first-order chi connectivity index (χ1) is 37.8. The monoisotopic (exact) mass is 1120 g/mol. The Morgan fingerprint density at radius 1 is 0.688 bits per heavy atom. The normalized spacial score (nSPS) is 17.4. The second-order valence-corrected chi connectivity index (χ2v) is 17.8. The van der Waals surface area contributed by atoms with E-state index in [0.29, 0.717) is 0 Å². The van der Waals surface area contributed by atoms with Gasteiger partial charge < -0.3 is 80.2 Å². The lowest BCUT2D eigenvalue weighted by Gasteiger charge is -2.25. The Morgan fingerprint density at radius 2 is 1.24 bits per heavy atom. The van der Waals surface area contributed by atoms with Crippen LogP contribution < -0.4 is 59.7 Å². The number of rotatable bonds is 21. The van der Waals surface area contributed by atoms with Gasteiger partial charge in [-0.1, -0.05) is 10.4 Å². The quantitative estimate of drug-likeness (QED) is 0.0268. The number of carboxylic acids is 4. The summed E-state index contributed by atoms with van der Waals surface area (Å²) in [5, 5.41) is 73.0. The Hall–Kier alpha value is -10.1. The molecule has 0 radical (unpaired) electrons. The van der Waals surface area contributed by atoms with Crippen LogP contribution >= 0.6 is 0 Å². The molecule has 2 aromatic heterocycles.